The van der Waals surface area contributed by atoms with Gasteiger partial charge in [0.2, 0.25) is 11.8 Å². The topological polar surface area (TPSA) is 100 Å². The van der Waals surface area contributed by atoms with Gasteiger partial charge in [-0.1, -0.05) is 18.2 Å². The Morgan fingerprint density at radius 3 is 2.70 bits per heavy atom. The van der Waals surface area contributed by atoms with Crippen LogP contribution in [0.3, 0.4) is 0 Å². The molecular weight excluding hydrogens is 479 g/mol. The van der Waals surface area contributed by atoms with Crippen LogP contribution >= 0.6 is 0 Å². The van der Waals surface area contributed by atoms with E-state index >= 15 is 0 Å². The summed E-state index contributed by atoms with van der Waals surface area (Å²) in [6.07, 6.45) is 1.50. The van der Waals surface area contributed by atoms with Gasteiger partial charge in [-0.25, -0.2) is 4.39 Å². The third-order valence-corrected chi connectivity index (χ3v) is 7.09. The normalized spacial score (nSPS) is 22.8. The second-order valence-electron chi connectivity index (χ2n) is 9.61. The van der Waals surface area contributed by atoms with E-state index in [9.17, 15) is 18.8 Å². The molecule has 0 aliphatic carbocycles. The van der Waals surface area contributed by atoms with Gasteiger partial charge < -0.3 is 25.0 Å². The summed E-state index contributed by atoms with van der Waals surface area (Å²) in [5, 5.41) is 5.69. The molecule has 9 nitrogen and oxygen atoms in total. The van der Waals surface area contributed by atoms with Gasteiger partial charge in [-0.2, -0.15) is 0 Å². The molecule has 3 amide bonds. The van der Waals surface area contributed by atoms with Crippen LogP contribution in [0.25, 0.3) is 0 Å². The number of nitrogens with one attached hydrogen (secondary N) is 2. The Hall–Kier alpha value is -3.66. The molecule has 37 heavy (non-hydrogen) atoms. The van der Waals surface area contributed by atoms with Gasteiger partial charge in [0.15, 0.2) is 0 Å². The van der Waals surface area contributed by atoms with E-state index in [1.54, 1.807) is 4.90 Å². The van der Waals surface area contributed by atoms with E-state index in [4.69, 9.17) is 9.47 Å². The number of hydrogen-bond donors (Lipinski definition) is 2. The van der Waals surface area contributed by atoms with E-state index in [1.807, 2.05) is 29.2 Å². The van der Waals surface area contributed by atoms with Crippen LogP contribution in [0.4, 0.5) is 4.39 Å². The summed E-state index contributed by atoms with van der Waals surface area (Å²) in [5.41, 5.74) is 1.11. The third-order valence-electron chi connectivity index (χ3n) is 7.09. The maximum absolute atomic E-state index is 13.9. The summed E-state index contributed by atoms with van der Waals surface area (Å²) in [7, 11) is 0. The fourth-order valence-electron chi connectivity index (χ4n) is 5.31. The molecule has 10 heteroatoms. The molecule has 0 aromatic heterocycles. The Kier molecular flexibility index (Phi) is 7.55. The smallest absolute Gasteiger partial charge is 0.255 e. The number of para-hydroxylation sites is 1. The molecule has 0 radical (unpaired) electrons. The molecule has 0 spiro atoms. The SMILES string of the molecule is O=C1C[C@@H]2CC[C@H](CNC(=O)c3cc(F)ccc3OCCN1)N2C(=O)CN1CCOc2ccccc2C1. The Bertz CT molecular complexity index is 1180. The minimum atomic E-state index is -0.548. The number of hydrogen-bond acceptors (Lipinski definition) is 6. The highest BCUT2D eigenvalue weighted by Gasteiger charge is 2.38. The zero-order chi connectivity index (χ0) is 25.8. The lowest BCUT2D eigenvalue weighted by Gasteiger charge is -2.32. The molecule has 0 unspecified atom stereocenters. The second-order valence-corrected chi connectivity index (χ2v) is 9.61. The summed E-state index contributed by atoms with van der Waals surface area (Å²) in [6, 6.07) is 11.0. The van der Waals surface area contributed by atoms with Crippen molar-refractivity contribution in [3.63, 3.8) is 0 Å². The van der Waals surface area contributed by atoms with Crippen molar-refractivity contribution < 1.29 is 28.2 Å². The van der Waals surface area contributed by atoms with Crippen molar-refractivity contribution in [3.8, 4) is 11.5 Å². The van der Waals surface area contributed by atoms with Crippen LogP contribution in [0.2, 0.25) is 0 Å². The van der Waals surface area contributed by atoms with Crippen LogP contribution in [0.15, 0.2) is 42.5 Å². The van der Waals surface area contributed by atoms with Gasteiger partial charge in [0.05, 0.1) is 18.7 Å². The molecule has 1 fully saturated rings. The number of nitrogens with zero attached hydrogens (tertiary/aromatic N) is 2. The van der Waals surface area contributed by atoms with Crippen LogP contribution in [-0.4, -0.2) is 79.0 Å². The maximum Gasteiger partial charge on any atom is 0.255 e. The van der Waals surface area contributed by atoms with Crippen molar-refractivity contribution in [1.29, 1.82) is 0 Å². The van der Waals surface area contributed by atoms with Crippen molar-refractivity contribution in [3.05, 3.63) is 59.4 Å². The number of rotatable bonds is 2. The molecule has 2 aromatic carbocycles. The van der Waals surface area contributed by atoms with Gasteiger partial charge in [0.25, 0.3) is 5.91 Å². The van der Waals surface area contributed by atoms with Gasteiger partial charge in [-0.3, -0.25) is 19.3 Å². The molecule has 3 heterocycles. The van der Waals surface area contributed by atoms with Crippen LogP contribution in [0, 0.1) is 5.82 Å². The highest BCUT2D eigenvalue weighted by Crippen LogP contribution is 2.28. The predicted molar refractivity (Wildman–Crippen MR) is 133 cm³/mol. The lowest BCUT2D eigenvalue weighted by atomic mass is 10.1. The second kappa shape index (κ2) is 11.2. The minimum absolute atomic E-state index is 0.0824. The molecule has 0 saturated carbocycles. The van der Waals surface area contributed by atoms with Crippen LogP contribution in [0.1, 0.15) is 35.2 Å². The van der Waals surface area contributed by atoms with Gasteiger partial charge in [-0.15, -0.1) is 0 Å². The van der Waals surface area contributed by atoms with Crippen molar-refractivity contribution in [2.75, 3.05) is 39.4 Å². The average Bonchev–Trinajstić information content (AvgIpc) is 3.16. The first-order valence-electron chi connectivity index (χ1n) is 12.7. The number of ether oxygens (including phenoxy) is 2. The molecule has 2 atom stereocenters. The molecule has 2 bridgehead atoms. The van der Waals surface area contributed by atoms with Crippen LogP contribution in [-0.2, 0) is 16.1 Å². The van der Waals surface area contributed by atoms with Crippen LogP contribution < -0.4 is 20.1 Å². The van der Waals surface area contributed by atoms with Crippen molar-refractivity contribution in [1.82, 2.24) is 20.4 Å². The van der Waals surface area contributed by atoms with E-state index in [-0.39, 0.29) is 67.9 Å². The van der Waals surface area contributed by atoms with E-state index in [1.165, 1.54) is 12.1 Å². The first-order valence-corrected chi connectivity index (χ1v) is 12.7. The standard InChI is InChI=1S/C27H31FN4O5/c28-19-5-8-24-22(13-19)27(35)30-15-21-7-6-20(14-25(33)29-9-11-36-24)32(21)26(34)17-31-10-12-37-23-4-2-1-3-18(23)16-31/h1-5,8,13,20-21H,6-7,9-12,14-17H2,(H,29,33)(H,30,35)/t20-,21+/m0/s1. The van der Waals surface area contributed by atoms with E-state index in [2.05, 4.69) is 10.6 Å². The number of carbonyl (C=O) groups is 3. The molecular formula is C27H31FN4O5. The first kappa shape index (κ1) is 25.0. The Balaban J connectivity index is 1.34. The maximum atomic E-state index is 13.9. The molecule has 2 aromatic rings. The number of benzene rings is 2. The summed E-state index contributed by atoms with van der Waals surface area (Å²) in [4.78, 5) is 43.1. The third kappa shape index (κ3) is 5.85. The largest absolute Gasteiger partial charge is 0.492 e. The number of halogens is 1. The average molecular weight is 511 g/mol. The molecule has 2 N–H and O–H groups in total. The van der Waals surface area contributed by atoms with Gasteiger partial charge in [0.1, 0.15) is 30.5 Å². The van der Waals surface area contributed by atoms with Crippen molar-refractivity contribution in [2.45, 2.75) is 37.9 Å². The summed E-state index contributed by atoms with van der Waals surface area (Å²) < 4.78 is 25.4. The summed E-state index contributed by atoms with van der Waals surface area (Å²) >= 11 is 0. The van der Waals surface area contributed by atoms with E-state index < -0.39 is 11.7 Å². The lowest BCUT2D eigenvalue weighted by Crippen LogP contribution is -2.51. The highest BCUT2D eigenvalue weighted by atomic mass is 19.1. The first-order chi connectivity index (χ1) is 18.0. The quantitative estimate of drug-likeness (QED) is 0.638. The lowest BCUT2D eigenvalue weighted by molar-refractivity contribution is -0.136. The fraction of sp³-hybridized carbons (Fsp3) is 0.444. The van der Waals surface area contributed by atoms with Crippen molar-refractivity contribution >= 4 is 17.7 Å². The number of amides is 3. The van der Waals surface area contributed by atoms with Crippen LogP contribution in [0.5, 0.6) is 11.5 Å². The number of carbonyl (C=O) groups excluding carboxylic acids is 3. The minimum Gasteiger partial charge on any atom is -0.492 e. The molecule has 3 aliphatic heterocycles. The molecule has 1 saturated heterocycles. The Labute approximate surface area is 214 Å². The highest BCUT2D eigenvalue weighted by molar-refractivity contribution is 5.97. The number of fused-ring (bicyclic) bond motifs is 4. The zero-order valence-electron chi connectivity index (χ0n) is 20.6. The van der Waals surface area contributed by atoms with Gasteiger partial charge >= 0.3 is 0 Å². The molecule has 196 valence electrons. The summed E-state index contributed by atoms with van der Waals surface area (Å²) in [6.45, 7) is 2.41. The van der Waals surface area contributed by atoms with Crippen molar-refractivity contribution in [2.24, 2.45) is 0 Å². The zero-order valence-corrected chi connectivity index (χ0v) is 20.6. The Morgan fingerprint density at radius 1 is 1.00 bits per heavy atom. The van der Waals surface area contributed by atoms with Gasteiger partial charge in [-0.05, 0) is 37.1 Å². The van der Waals surface area contributed by atoms with E-state index in [0.29, 0.717) is 32.5 Å². The fourth-order valence-corrected chi connectivity index (χ4v) is 5.31. The molecule has 3 aliphatic rings. The predicted octanol–water partition coefficient (Wildman–Crippen LogP) is 1.71. The monoisotopic (exact) mass is 510 g/mol. The van der Waals surface area contributed by atoms with E-state index in [0.717, 1.165) is 17.4 Å². The van der Waals surface area contributed by atoms with Gasteiger partial charge in [0, 0.05) is 43.7 Å². The summed E-state index contributed by atoms with van der Waals surface area (Å²) in [5.74, 6) is -0.192. The molecule has 5 rings (SSSR count). The Morgan fingerprint density at radius 2 is 1.81 bits per heavy atom.